The lowest BCUT2D eigenvalue weighted by molar-refractivity contribution is -0.384. The number of benzene rings is 1. The first-order valence-electron chi connectivity index (χ1n) is 4.89. The lowest BCUT2D eigenvalue weighted by Crippen LogP contribution is -2.23. The number of nitrogens with zero attached hydrogens (tertiary/aromatic N) is 1. The van der Waals surface area contributed by atoms with Crippen LogP contribution in [-0.2, 0) is 9.05 Å². The van der Waals surface area contributed by atoms with E-state index in [4.69, 9.17) is 22.3 Å². The van der Waals surface area contributed by atoms with Gasteiger partial charge in [0.2, 0.25) is 0 Å². The second-order valence-corrected chi connectivity index (χ2v) is 6.27. The van der Waals surface area contributed by atoms with E-state index in [1.165, 1.54) is 0 Å². The van der Waals surface area contributed by atoms with Gasteiger partial charge in [-0.05, 0) is 13.0 Å². The highest BCUT2D eigenvalue weighted by atomic mass is 35.7. The molecule has 1 amide bonds. The van der Waals surface area contributed by atoms with Gasteiger partial charge >= 0.3 is 0 Å². The Labute approximate surface area is 118 Å². The van der Waals surface area contributed by atoms with Crippen LogP contribution in [0, 0.1) is 10.1 Å². The van der Waals surface area contributed by atoms with Gasteiger partial charge in [0.1, 0.15) is 9.92 Å². The summed E-state index contributed by atoms with van der Waals surface area (Å²) >= 11 is 5.61. The second-order valence-electron chi connectivity index (χ2n) is 3.36. The molecule has 0 aliphatic carbocycles. The van der Waals surface area contributed by atoms with Gasteiger partial charge in [0.25, 0.3) is 20.6 Å². The van der Waals surface area contributed by atoms with Gasteiger partial charge < -0.3 is 5.32 Å². The van der Waals surface area contributed by atoms with Crippen LogP contribution in [-0.4, -0.2) is 25.8 Å². The topological polar surface area (TPSA) is 106 Å². The van der Waals surface area contributed by atoms with Crippen LogP contribution in [0.1, 0.15) is 17.3 Å². The fourth-order valence-electron chi connectivity index (χ4n) is 1.29. The smallest absolute Gasteiger partial charge is 0.290 e. The van der Waals surface area contributed by atoms with Crippen molar-refractivity contribution in [3.8, 4) is 0 Å². The van der Waals surface area contributed by atoms with E-state index in [-0.39, 0.29) is 12.1 Å². The lowest BCUT2D eigenvalue weighted by atomic mass is 10.2. The van der Waals surface area contributed by atoms with Crippen molar-refractivity contribution in [3.05, 3.63) is 32.8 Å². The van der Waals surface area contributed by atoms with E-state index in [1.807, 2.05) is 0 Å². The number of carbonyl (C=O) groups is 1. The summed E-state index contributed by atoms with van der Waals surface area (Å²) in [5.41, 5.74) is -0.915. The molecule has 0 radical (unpaired) electrons. The quantitative estimate of drug-likeness (QED) is 0.516. The maximum Gasteiger partial charge on any atom is 0.290 e. The third-order valence-electron chi connectivity index (χ3n) is 2.08. The van der Waals surface area contributed by atoms with Crippen LogP contribution in [0.4, 0.5) is 5.69 Å². The number of halogens is 2. The average Bonchev–Trinajstić information content (AvgIpc) is 2.27. The molecule has 0 atom stereocenters. The largest absolute Gasteiger partial charge is 0.352 e. The maximum absolute atomic E-state index is 11.6. The molecule has 0 saturated heterocycles. The van der Waals surface area contributed by atoms with Crippen LogP contribution in [0.3, 0.4) is 0 Å². The molecule has 1 rings (SSSR count). The van der Waals surface area contributed by atoms with Crippen LogP contribution in [0.5, 0.6) is 0 Å². The van der Waals surface area contributed by atoms with Gasteiger partial charge in [-0.3, -0.25) is 14.9 Å². The molecule has 0 aromatic heterocycles. The van der Waals surface area contributed by atoms with E-state index in [0.717, 1.165) is 12.1 Å². The molecular weight excluding hydrogens is 319 g/mol. The summed E-state index contributed by atoms with van der Waals surface area (Å²) in [7, 11) is 0.823. The zero-order chi connectivity index (χ0) is 14.8. The highest BCUT2D eigenvalue weighted by molar-refractivity contribution is 8.13. The van der Waals surface area contributed by atoms with Crippen molar-refractivity contribution in [1.82, 2.24) is 5.32 Å². The van der Waals surface area contributed by atoms with Crippen LogP contribution in [0.25, 0.3) is 0 Å². The van der Waals surface area contributed by atoms with Crippen LogP contribution >= 0.6 is 22.3 Å². The van der Waals surface area contributed by atoms with Gasteiger partial charge in [0.05, 0.1) is 4.92 Å². The van der Waals surface area contributed by atoms with E-state index in [9.17, 15) is 23.3 Å². The predicted molar refractivity (Wildman–Crippen MR) is 69.2 cm³/mol. The molecule has 104 valence electrons. The van der Waals surface area contributed by atoms with Crippen LogP contribution in [0.2, 0.25) is 5.02 Å². The fourth-order valence-corrected chi connectivity index (χ4v) is 2.84. The minimum Gasteiger partial charge on any atom is -0.352 e. The molecular formula is C9H8Cl2N2O5S. The van der Waals surface area contributed by atoms with E-state index < -0.39 is 35.5 Å². The fraction of sp³-hybridized carbons (Fsp3) is 0.222. The standard InChI is InChI=1S/C9H8Cl2N2O5S/c1-2-12-9(14)5-3-6(13(15)16)8(10)7(4-5)19(11,17)18/h3-4H,2H2,1H3,(H,12,14). The van der Waals surface area contributed by atoms with Crippen molar-refractivity contribution >= 4 is 42.9 Å². The minimum atomic E-state index is -4.30. The van der Waals surface area contributed by atoms with E-state index in [0.29, 0.717) is 0 Å². The first-order valence-corrected chi connectivity index (χ1v) is 7.58. The van der Waals surface area contributed by atoms with E-state index in [2.05, 4.69) is 5.32 Å². The number of rotatable bonds is 4. The minimum absolute atomic E-state index is 0.211. The summed E-state index contributed by atoms with van der Waals surface area (Å²) in [5, 5.41) is 12.5. The van der Waals surface area contributed by atoms with Crippen molar-refractivity contribution in [3.63, 3.8) is 0 Å². The van der Waals surface area contributed by atoms with Gasteiger partial charge in [-0.1, -0.05) is 11.6 Å². The van der Waals surface area contributed by atoms with E-state index in [1.54, 1.807) is 6.92 Å². The van der Waals surface area contributed by atoms with Crippen LogP contribution in [0.15, 0.2) is 17.0 Å². The normalized spacial score (nSPS) is 11.1. The van der Waals surface area contributed by atoms with Gasteiger partial charge in [0, 0.05) is 28.9 Å². The van der Waals surface area contributed by atoms with Gasteiger partial charge in [-0.25, -0.2) is 8.42 Å². The first kappa shape index (κ1) is 15.7. The Balaban J connectivity index is 3.58. The van der Waals surface area contributed by atoms with Crippen molar-refractivity contribution in [2.75, 3.05) is 6.54 Å². The zero-order valence-electron chi connectivity index (χ0n) is 9.51. The number of nitrogens with one attached hydrogen (secondary N) is 1. The average molecular weight is 327 g/mol. The summed E-state index contributed by atoms with van der Waals surface area (Å²) in [5.74, 6) is -0.663. The molecule has 1 aromatic carbocycles. The lowest BCUT2D eigenvalue weighted by Gasteiger charge is -2.06. The summed E-state index contributed by atoms with van der Waals surface area (Å²) < 4.78 is 22.6. The third kappa shape index (κ3) is 3.55. The summed E-state index contributed by atoms with van der Waals surface area (Å²) in [6.07, 6.45) is 0. The van der Waals surface area contributed by atoms with Crippen molar-refractivity contribution < 1.29 is 18.1 Å². The SMILES string of the molecule is CCNC(=O)c1cc([N+](=O)[O-])c(Cl)c(S(=O)(=O)Cl)c1. The molecule has 1 aromatic rings. The molecule has 0 saturated carbocycles. The first-order chi connectivity index (χ1) is 8.68. The predicted octanol–water partition coefficient (Wildman–Crippen LogP) is 1.93. The molecule has 0 spiro atoms. The molecule has 0 bridgehead atoms. The van der Waals surface area contributed by atoms with Crippen LogP contribution < -0.4 is 5.32 Å². The van der Waals surface area contributed by atoms with Gasteiger partial charge in [-0.2, -0.15) is 0 Å². The Kier molecular flexibility index (Phi) is 4.72. The molecule has 0 fully saturated rings. The Morgan fingerprint density at radius 1 is 1.47 bits per heavy atom. The number of nitro groups is 1. The molecule has 7 nitrogen and oxygen atoms in total. The Morgan fingerprint density at radius 3 is 2.47 bits per heavy atom. The Bertz CT molecular complexity index is 644. The summed E-state index contributed by atoms with van der Waals surface area (Å²) in [6, 6.07) is 1.78. The summed E-state index contributed by atoms with van der Waals surface area (Å²) in [6.45, 7) is 1.92. The Morgan fingerprint density at radius 2 is 2.05 bits per heavy atom. The molecule has 19 heavy (non-hydrogen) atoms. The van der Waals surface area contributed by atoms with Gasteiger partial charge in [0.15, 0.2) is 0 Å². The number of amides is 1. The number of hydrogen-bond donors (Lipinski definition) is 1. The molecule has 0 aliphatic rings. The highest BCUT2D eigenvalue weighted by Crippen LogP contribution is 2.34. The van der Waals surface area contributed by atoms with E-state index >= 15 is 0 Å². The second kappa shape index (κ2) is 5.72. The van der Waals surface area contributed by atoms with Crippen molar-refractivity contribution in [1.29, 1.82) is 0 Å². The summed E-state index contributed by atoms with van der Waals surface area (Å²) in [4.78, 5) is 20.8. The molecule has 0 aliphatic heterocycles. The Hall–Kier alpha value is -1.38. The highest BCUT2D eigenvalue weighted by Gasteiger charge is 2.26. The third-order valence-corrected chi connectivity index (χ3v) is 3.93. The van der Waals surface area contributed by atoms with Crippen molar-refractivity contribution in [2.45, 2.75) is 11.8 Å². The number of carbonyl (C=O) groups excluding carboxylic acids is 1. The maximum atomic E-state index is 11.6. The monoisotopic (exact) mass is 326 g/mol. The molecule has 1 N–H and O–H groups in total. The molecule has 0 heterocycles. The zero-order valence-corrected chi connectivity index (χ0v) is 11.8. The molecule has 0 unspecified atom stereocenters. The molecule has 10 heteroatoms. The van der Waals surface area contributed by atoms with Crippen molar-refractivity contribution in [2.24, 2.45) is 0 Å². The number of nitro benzene ring substituents is 1. The number of hydrogen-bond acceptors (Lipinski definition) is 5. The van der Waals surface area contributed by atoms with Gasteiger partial charge in [-0.15, -0.1) is 0 Å².